The van der Waals surface area contributed by atoms with Gasteiger partial charge in [-0.1, -0.05) is 6.08 Å². The molecule has 0 aromatic rings. The Hall–Kier alpha value is -0.990. The average molecular weight is 196 g/mol. The molecule has 1 aliphatic heterocycles. The maximum Gasteiger partial charge on any atom is 0.319 e. The molecule has 1 rings (SSSR count). The summed E-state index contributed by atoms with van der Waals surface area (Å²) in [5, 5.41) is 0. The first-order valence-electron chi connectivity index (χ1n) is 5.36. The zero-order valence-electron chi connectivity index (χ0n) is 9.04. The first-order chi connectivity index (χ1) is 6.75. The number of hydrogen-bond acceptors (Lipinski definition) is 1. The van der Waals surface area contributed by atoms with E-state index in [2.05, 4.69) is 6.58 Å². The van der Waals surface area contributed by atoms with Gasteiger partial charge in [-0.25, -0.2) is 4.79 Å². The summed E-state index contributed by atoms with van der Waals surface area (Å²) in [5.74, 6) is 0. The Morgan fingerprint density at radius 2 is 2.14 bits per heavy atom. The summed E-state index contributed by atoms with van der Waals surface area (Å²) in [5.41, 5.74) is 0. The van der Waals surface area contributed by atoms with Crippen LogP contribution in [0.2, 0.25) is 0 Å². The lowest BCUT2D eigenvalue weighted by Crippen LogP contribution is -2.39. The van der Waals surface area contributed by atoms with Crippen LogP contribution in [0.4, 0.5) is 4.79 Å². The molecule has 80 valence electrons. The second-order valence-electron chi connectivity index (χ2n) is 3.83. The maximum atomic E-state index is 11.8. The highest BCUT2D eigenvalue weighted by atomic mass is 16.2. The van der Waals surface area contributed by atoms with Crippen LogP contribution in [0.25, 0.3) is 0 Å². The van der Waals surface area contributed by atoms with Gasteiger partial charge in [-0.15, -0.1) is 6.58 Å². The summed E-state index contributed by atoms with van der Waals surface area (Å²) in [7, 11) is 1.88. The van der Waals surface area contributed by atoms with E-state index in [1.165, 1.54) is 0 Å². The van der Waals surface area contributed by atoms with Crippen molar-refractivity contribution in [3.05, 3.63) is 12.7 Å². The minimum atomic E-state index is 0.187. The highest BCUT2D eigenvalue weighted by Crippen LogP contribution is 2.10. The number of urea groups is 1. The van der Waals surface area contributed by atoms with E-state index in [1.807, 2.05) is 22.9 Å². The van der Waals surface area contributed by atoms with Gasteiger partial charge in [0, 0.05) is 26.7 Å². The Kier molecular flexibility index (Phi) is 4.50. The summed E-state index contributed by atoms with van der Waals surface area (Å²) in [4.78, 5) is 15.5. The highest BCUT2D eigenvalue weighted by Gasteiger charge is 2.20. The first-order valence-corrected chi connectivity index (χ1v) is 5.36. The van der Waals surface area contributed by atoms with Gasteiger partial charge in [-0.2, -0.15) is 0 Å². The molecule has 0 radical (unpaired) electrons. The molecule has 0 aliphatic carbocycles. The summed E-state index contributed by atoms with van der Waals surface area (Å²) in [6, 6.07) is 0.187. The lowest BCUT2D eigenvalue weighted by molar-refractivity contribution is 0.173. The number of carbonyl (C=O) groups is 1. The van der Waals surface area contributed by atoms with E-state index in [1.54, 1.807) is 0 Å². The van der Waals surface area contributed by atoms with E-state index in [9.17, 15) is 4.79 Å². The van der Waals surface area contributed by atoms with Gasteiger partial charge < -0.3 is 9.80 Å². The number of nitrogens with zero attached hydrogens (tertiary/aromatic N) is 2. The van der Waals surface area contributed by atoms with Gasteiger partial charge in [0.25, 0.3) is 0 Å². The zero-order chi connectivity index (χ0) is 10.4. The average Bonchev–Trinajstić information content (AvgIpc) is 2.69. The fourth-order valence-electron chi connectivity index (χ4n) is 1.72. The van der Waals surface area contributed by atoms with Crippen LogP contribution in [-0.2, 0) is 0 Å². The monoisotopic (exact) mass is 196 g/mol. The lowest BCUT2D eigenvalue weighted by atomic mass is 10.3. The van der Waals surface area contributed by atoms with Crippen molar-refractivity contribution < 1.29 is 4.79 Å². The van der Waals surface area contributed by atoms with Gasteiger partial charge in [0.2, 0.25) is 0 Å². The third-order valence-electron chi connectivity index (χ3n) is 2.60. The normalized spacial score (nSPS) is 15.6. The maximum absolute atomic E-state index is 11.8. The van der Waals surface area contributed by atoms with E-state index in [0.717, 1.165) is 45.3 Å². The van der Waals surface area contributed by atoms with Gasteiger partial charge in [0.05, 0.1) is 0 Å². The number of likely N-dealkylation sites (tertiary alicyclic amines) is 1. The molecule has 1 aliphatic rings. The second kappa shape index (κ2) is 5.68. The Morgan fingerprint density at radius 1 is 1.50 bits per heavy atom. The fourth-order valence-corrected chi connectivity index (χ4v) is 1.72. The highest BCUT2D eigenvalue weighted by molar-refractivity contribution is 5.74. The van der Waals surface area contributed by atoms with Crippen molar-refractivity contribution in [2.75, 3.05) is 26.7 Å². The molecule has 0 spiro atoms. The Morgan fingerprint density at radius 3 is 2.71 bits per heavy atom. The smallest absolute Gasteiger partial charge is 0.319 e. The number of amides is 2. The SMILES string of the molecule is C=CCCCN(C)C(=O)N1CCCC1. The second-order valence-corrected chi connectivity index (χ2v) is 3.83. The van der Waals surface area contributed by atoms with Crippen molar-refractivity contribution in [1.29, 1.82) is 0 Å². The number of allylic oxidation sites excluding steroid dienone is 1. The molecule has 0 bridgehead atoms. The van der Waals surface area contributed by atoms with E-state index >= 15 is 0 Å². The van der Waals surface area contributed by atoms with E-state index in [-0.39, 0.29) is 6.03 Å². The van der Waals surface area contributed by atoms with Crippen molar-refractivity contribution in [2.24, 2.45) is 0 Å². The molecule has 0 unspecified atom stereocenters. The molecular weight excluding hydrogens is 176 g/mol. The molecule has 0 atom stereocenters. The predicted molar refractivity (Wildman–Crippen MR) is 58.3 cm³/mol. The molecule has 1 fully saturated rings. The predicted octanol–water partition coefficient (Wildman–Crippen LogP) is 2.10. The van der Waals surface area contributed by atoms with Crippen LogP contribution in [0.1, 0.15) is 25.7 Å². The number of hydrogen-bond donors (Lipinski definition) is 0. The Labute approximate surface area is 86.4 Å². The van der Waals surface area contributed by atoms with Gasteiger partial charge >= 0.3 is 6.03 Å². The summed E-state index contributed by atoms with van der Waals surface area (Å²) in [6.07, 6.45) is 6.21. The van der Waals surface area contributed by atoms with Crippen LogP contribution < -0.4 is 0 Å². The third-order valence-corrected chi connectivity index (χ3v) is 2.60. The molecule has 0 aromatic carbocycles. The first kappa shape index (κ1) is 11.1. The standard InChI is InChI=1S/C11H20N2O/c1-3-4-5-8-12(2)11(14)13-9-6-7-10-13/h3H,1,4-10H2,2H3. The minimum absolute atomic E-state index is 0.187. The van der Waals surface area contributed by atoms with Crippen LogP contribution in [-0.4, -0.2) is 42.5 Å². The molecule has 14 heavy (non-hydrogen) atoms. The molecule has 3 nitrogen and oxygen atoms in total. The molecule has 0 aromatic heterocycles. The van der Waals surface area contributed by atoms with Crippen molar-refractivity contribution in [1.82, 2.24) is 9.80 Å². The number of rotatable bonds is 4. The Balaban J connectivity index is 2.24. The van der Waals surface area contributed by atoms with Gasteiger partial charge in [-0.05, 0) is 25.7 Å². The summed E-state index contributed by atoms with van der Waals surface area (Å²) in [6.45, 7) is 6.37. The molecule has 1 saturated heterocycles. The van der Waals surface area contributed by atoms with Gasteiger partial charge in [0.15, 0.2) is 0 Å². The van der Waals surface area contributed by atoms with E-state index in [0.29, 0.717) is 0 Å². The van der Waals surface area contributed by atoms with Gasteiger partial charge in [0.1, 0.15) is 0 Å². The third kappa shape index (κ3) is 3.05. The molecule has 1 heterocycles. The van der Waals surface area contributed by atoms with E-state index in [4.69, 9.17) is 0 Å². The molecule has 0 saturated carbocycles. The fraction of sp³-hybridized carbons (Fsp3) is 0.727. The quantitative estimate of drug-likeness (QED) is 0.499. The summed E-state index contributed by atoms with van der Waals surface area (Å²) < 4.78 is 0. The number of carbonyl (C=O) groups excluding carboxylic acids is 1. The largest absolute Gasteiger partial charge is 0.328 e. The Bertz CT molecular complexity index is 197. The van der Waals surface area contributed by atoms with Crippen LogP contribution >= 0.6 is 0 Å². The molecule has 0 N–H and O–H groups in total. The molecule has 2 amide bonds. The topological polar surface area (TPSA) is 23.6 Å². The van der Waals surface area contributed by atoms with Crippen molar-refractivity contribution >= 4 is 6.03 Å². The molecule has 3 heteroatoms. The van der Waals surface area contributed by atoms with E-state index < -0.39 is 0 Å². The van der Waals surface area contributed by atoms with Crippen LogP contribution in [0, 0.1) is 0 Å². The molecular formula is C11H20N2O. The van der Waals surface area contributed by atoms with Crippen molar-refractivity contribution in [3.8, 4) is 0 Å². The van der Waals surface area contributed by atoms with Crippen molar-refractivity contribution in [3.63, 3.8) is 0 Å². The lowest BCUT2D eigenvalue weighted by Gasteiger charge is -2.24. The van der Waals surface area contributed by atoms with Crippen LogP contribution in [0.15, 0.2) is 12.7 Å². The van der Waals surface area contributed by atoms with Crippen LogP contribution in [0.3, 0.4) is 0 Å². The minimum Gasteiger partial charge on any atom is -0.328 e. The van der Waals surface area contributed by atoms with Gasteiger partial charge in [-0.3, -0.25) is 0 Å². The summed E-state index contributed by atoms with van der Waals surface area (Å²) >= 11 is 0. The number of unbranched alkanes of at least 4 members (excludes halogenated alkanes) is 1. The van der Waals surface area contributed by atoms with Crippen molar-refractivity contribution in [2.45, 2.75) is 25.7 Å². The zero-order valence-corrected chi connectivity index (χ0v) is 9.04. The van der Waals surface area contributed by atoms with Crippen LogP contribution in [0.5, 0.6) is 0 Å².